The topological polar surface area (TPSA) is 75.7 Å². The second-order valence-electron chi connectivity index (χ2n) is 5.79. The number of rotatable bonds is 7. The molecule has 2 aromatic carbocycles. The molecule has 6 nitrogen and oxygen atoms in total. The number of sulfonamides is 1. The van der Waals surface area contributed by atoms with Crippen molar-refractivity contribution in [2.45, 2.75) is 11.3 Å². The van der Waals surface area contributed by atoms with Crippen molar-refractivity contribution >= 4 is 27.5 Å². The lowest BCUT2D eigenvalue weighted by Gasteiger charge is -2.13. The smallest absolute Gasteiger partial charge is 0.252 e. The minimum atomic E-state index is -3.64. The summed E-state index contributed by atoms with van der Waals surface area (Å²) in [6.07, 6.45) is 0.607. The van der Waals surface area contributed by atoms with E-state index in [2.05, 4.69) is 5.32 Å². The number of hydrogen-bond donors (Lipinski definition) is 1. The summed E-state index contributed by atoms with van der Waals surface area (Å²) in [4.78, 5) is 12.4. The third-order valence-corrected chi connectivity index (χ3v) is 5.94. The minimum absolute atomic E-state index is 0.0184. The van der Waals surface area contributed by atoms with Gasteiger partial charge in [-0.3, -0.25) is 4.79 Å². The Labute approximate surface area is 158 Å². The Morgan fingerprint density at radius 1 is 1.19 bits per heavy atom. The molecule has 0 heterocycles. The number of ether oxygens (including phenoxy) is 1. The Balaban J connectivity index is 2.09. The fourth-order valence-corrected chi connectivity index (χ4v) is 3.43. The van der Waals surface area contributed by atoms with E-state index in [9.17, 15) is 13.2 Å². The second-order valence-corrected chi connectivity index (χ2v) is 8.35. The van der Waals surface area contributed by atoms with Crippen molar-refractivity contribution in [3.05, 3.63) is 58.6 Å². The van der Waals surface area contributed by atoms with Crippen LogP contribution in [0, 0.1) is 0 Å². The molecule has 0 bridgehead atoms. The maximum Gasteiger partial charge on any atom is 0.252 e. The summed E-state index contributed by atoms with van der Waals surface area (Å²) in [5.74, 6) is 0.326. The first-order valence-corrected chi connectivity index (χ1v) is 9.70. The number of carbonyl (C=O) groups is 1. The number of methoxy groups -OCH3 is 1. The Morgan fingerprint density at radius 3 is 2.58 bits per heavy atom. The molecule has 0 fully saturated rings. The van der Waals surface area contributed by atoms with Crippen molar-refractivity contribution < 1.29 is 17.9 Å². The molecule has 0 spiro atoms. The van der Waals surface area contributed by atoms with E-state index in [0.29, 0.717) is 13.0 Å². The highest BCUT2D eigenvalue weighted by Gasteiger charge is 2.20. The molecule has 26 heavy (non-hydrogen) atoms. The van der Waals surface area contributed by atoms with Gasteiger partial charge in [-0.05, 0) is 42.3 Å². The highest BCUT2D eigenvalue weighted by molar-refractivity contribution is 7.89. The van der Waals surface area contributed by atoms with Crippen LogP contribution >= 0.6 is 11.6 Å². The molecule has 2 rings (SSSR count). The predicted octanol–water partition coefficient (Wildman–Crippen LogP) is 2.57. The molecule has 0 radical (unpaired) electrons. The van der Waals surface area contributed by atoms with Gasteiger partial charge in [-0.2, -0.15) is 0 Å². The molecule has 0 aliphatic carbocycles. The molecule has 0 atom stereocenters. The van der Waals surface area contributed by atoms with E-state index in [1.54, 1.807) is 7.11 Å². The van der Waals surface area contributed by atoms with Crippen LogP contribution in [0.4, 0.5) is 0 Å². The monoisotopic (exact) mass is 396 g/mol. The summed E-state index contributed by atoms with van der Waals surface area (Å²) in [5, 5.41) is 2.96. The first-order chi connectivity index (χ1) is 12.3. The Bertz CT molecular complexity index is 898. The van der Waals surface area contributed by atoms with Crippen molar-refractivity contribution in [3.8, 4) is 5.75 Å². The van der Waals surface area contributed by atoms with Gasteiger partial charge in [-0.1, -0.05) is 23.7 Å². The lowest BCUT2D eigenvalue weighted by molar-refractivity contribution is 0.0954. The average molecular weight is 397 g/mol. The summed E-state index contributed by atoms with van der Waals surface area (Å²) in [6, 6.07) is 11.6. The molecule has 0 aliphatic heterocycles. The maximum atomic E-state index is 12.4. The van der Waals surface area contributed by atoms with Crippen LogP contribution in [0.5, 0.6) is 5.75 Å². The van der Waals surface area contributed by atoms with E-state index >= 15 is 0 Å². The van der Waals surface area contributed by atoms with E-state index < -0.39 is 15.9 Å². The lowest BCUT2D eigenvalue weighted by atomic mass is 10.1. The van der Waals surface area contributed by atoms with Gasteiger partial charge in [0.2, 0.25) is 10.0 Å². The van der Waals surface area contributed by atoms with Gasteiger partial charge >= 0.3 is 0 Å². The Kier molecular flexibility index (Phi) is 6.63. The summed E-state index contributed by atoms with van der Waals surface area (Å²) >= 11 is 6.07. The van der Waals surface area contributed by atoms with Crippen molar-refractivity contribution in [2.75, 3.05) is 27.7 Å². The van der Waals surface area contributed by atoms with Gasteiger partial charge in [0.25, 0.3) is 5.91 Å². The molecule has 0 saturated carbocycles. The number of hydrogen-bond acceptors (Lipinski definition) is 4. The van der Waals surface area contributed by atoms with Crippen LogP contribution in [0.15, 0.2) is 47.4 Å². The van der Waals surface area contributed by atoms with Crippen LogP contribution in [0.25, 0.3) is 0 Å². The lowest BCUT2D eigenvalue weighted by Crippen LogP contribution is -2.27. The molecule has 8 heteroatoms. The molecule has 0 aliphatic rings. The first kappa shape index (κ1) is 20.2. The molecule has 0 unspecified atom stereocenters. The zero-order valence-corrected chi connectivity index (χ0v) is 16.4. The summed E-state index contributed by atoms with van der Waals surface area (Å²) in [7, 11) is 0.812. The highest BCUT2D eigenvalue weighted by atomic mass is 35.5. The van der Waals surface area contributed by atoms with Gasteiger partial charge in [0.05, 0.1) is 22.6 Å². The first-order valence-electron chi connectivity index (χ1n) is 7.89. The largest absolute Gasteiger partial charge is 0.497 e. The minimum Gasteiger partial charge on any atom is -0.497 e. The quantitative estimate of drug-likeness (QED) is 0.780. The number of nitrogens with zero attached hydrogens (tertiary/aromatic N) is 1. The predicted molar refractivity (Wildman–Crippen MR) is 101 cm³/mol. The van der Waals surface area contributed by atoms with E-state index in [1.807, 2.05) is 24.3 Å². The Hall–Kier alpha value is -2.09. The van der Waals surface area contributed by atoms with E-state index in [-0.39, 0.29) is 15.5 Å². The SMILES string of the molecule is COc1cccc(CCNC(=O)c2cc(S(=O)(=O)N(C)C)ccc2Cl)c1. The molecule has 0 saturated heterocycles. The summed E-state index contributed by atoms with van der Waals surface area (Å²) in [5.41, 5.74) is 1.14. The fraction of sp³-hybridized carbons (Fsp3) is 0.278. The van der Waals surface area contributed by atoms with Crippen LogP contribution in [0.1, 0.15) is 15.9 Å². The van der Waals surface area contributed by atoms with Gasteiger partial charge in [-0.15, -0.1) is 0 Å². The summed E-state index contributed by atoms with van der Waals surface area (Å²) < 4.78 is 30.7. The normalized spacial score (nSPS) is 11.4. The van der Waals surface area contributed by atoms with Crippen LogP contribution in [0.3, 0.4) is 0 Å². The molecular weight excluding hydrogens is 376 g/mol. The van der Waals surface area contributed by atoms with Crippen LogP contribution in [-0.2, 0) is 16.4 Å². The Morgan fingerprint density at radius 2 is 1.92 bits per heavy atom. The number of amides is 1. The molecular formula is C18H21ClN2O4S. The van der Waals surface area contributed by atoms with Crippen LogP contribution in [-0.4, -0.2) is 46.4 Å². The number of nitrogens with one attached hydrogen (secondary N) is 1. The van der Waals surface area contributed by atoms with E-state index in [1.165, 1.54) is 32.3 Å². The van der Waals surface area contributed by atoms with Crippen molar-refractivity contribution in [1.29, 1.82) is 0 Å². The molecule has 140 valence electrons. The molecule has 1 N–H and O–H groups in total. The molecule has 1 amide bonds. The highest BCUT2D eigenvalue weighted by Crippen LogP contribution is 2.22. The maximum absolute atomic E-state index is 12.4. The van der Waals surface area contributed by atoms with Crippen molar-refractivity contribution in [1.82, 2.24) is 9.62 Å². The van der Waals surface area contributed by atoms with Gasteiger partial charge < -0.3 is 10.1 Å². The standard InChI is InChI=1S/C18H21ClN2O4S/c1-21(2)26(23,24)15-7-8-17(19)16(12-15)18(22)20-10-9-13-5-4-6-14(11-13)25-3/h4-8,11-12H,9-10H2,1-3H3,(H,20,22). The van der Waals surface area contributed by atoms with E-state index in [0.717, 1.165) is 15.6 Å². The van der Waals surface area contributed by atoms with Gasteiger partial charge in [0.15, 0.2) is 0 Å². The van der Waals surface area contributed by atoms with Crippen LogP contribution in [0.2, 0.25) is 5.02 Å². The number of benzene rings is 2. The third kappa shape index (κ3) is 4.75. The number of carbonyl (C=O) groups excluding carboxylic acids is 1. The van der Waals surface area contributed by atoms with Gasteiger partial charge in [0.1, 0.15) is 5.75 Å². The molecule has 0 aromatic heterocycles. The number of halogens is 1. The third-order valence-electron chi connectivity index (χ3n) is 3.79. The second kappa shape index (κ2) is 8.53. The van der Waals surface area contributed by atoms with Crippen molar-refractivity contribution in [3.63, 3.8) is 0 Å². The van der Waals surface area contributed by atoms with Crippen molar-refractivity contribution in [2.24, 2.45) is 0 Å². The van der Waals surface area contributed by atoms with E-state index in [4.69, 9.17) is 16.3 Å². The zero-order valence-electron chi connectivity index (χ0n) is 14.8. The molecule has 2 aromatic rings. The zero-order chi connectivity index (χ0) is 19.3. The van der Waals surface area contributed by atoms with Gasteiger partial charge in [0, 0.05) is 20.6 Å². The summed E-state index contributed by atoms with van der Waals surface area (Å²) in [6.45, 7) is 0.382. The fourth-order valence-electron chi connectivity index (χ4n) is 2.29. The average Bonchev–Trinajstić information content (AvgIpc) is 2.61. The van der Waals surface area contributed by atoms with Crippen LogP contribution < -0.4 is 10.1 Å². The van der Waals surface area contributed by atoms with Gasteiger partial charge in [-0.25, -0.2) is 12.7 Å².